The lowest BCUT2D eigenvalue weighted by atomic mass is 9.98. The Morgan fingerprint density at radius 2 is 1.79 bits per heavy atom. The molecular weight excluding hydrogens is 457 g/mol. The van der Waals surface area contributed by atoms with E-state index in [4.69, 9.17) is 9.47 Å². The van der Waals surface area contributed by atoms with E-state index in [9.17, 15) is 27.2 Å². The van der Waals surface area contributed by atoms with E-state index < -0.39 is 45.8 Å². The summed E-state index contributed by atoms with van der Waals surface area (Å²) >= 11 is 0. The molecule has 0 spiro atoms. The molecule has 1 saturated heterocycles. The van der Waals surface area contributed by atoms with Crippen molar-refractivity contribution in [3.05, 3.63) is 41.4 Å². The number of halogens is 1. The minimum absolute atomic E-state index is 0.0147. The van der Waals surface area contributed by atoms with Gasteiger partial charge >= 0.3 is 18.0 Å². The average molecular weight is 484 g/mol. The highest BCUT2D eigenvalue weighted by atomic mass is 32.2. The SMILES string of the molecule is CCOC(=O)C1=C(COC(=O)C2CCN(S(=O)(=O)c3ccc(F)cc3)CC2)NC(=O)N[C@@H]1C. The van der Waals surface area contributed by atoms with Crippen LogP contribution in [0.1, 0.15) is 26.7 Å². The summed E-state index contributed by atoms with van der Waals surface area (Å²) in [7, 11) is -3.79. The number of carbonyl (C=O) groups excluding carboxylic acids is 3. The van der Waals surface area contributed by atoms with Crippen molar-refractivity contribution >= 4 is 28.0 Å². The van der Waals surface area contributed by atoms with Crippen LogP contribution in [0.4, 0.5) is 9.18 Å². The van der Waals surface area contributed by atoms with Crippen LogP contribution in [-0.4, -0.2) is 63.0 Å². The highest BCUT2D eigenvalue weighted by Gasteiger charge is 2.34. The van der Waals surface area contributed by atoms with Crippen molar-refractivity contribution in [2.24, 2.45) is 5.92 Å². The van der Waals surface area contributed by atoms with Gasteiger partial charge in [0.1, 0.15) is 12.4 Å². The topological polar surface area (TPSA) is 131 Å². The molecule has 0 aromatic heterocycles. The molecule has 0 bridgehead atoms. The van der Waals surface area contributed by atoms with E-state index in [1.54, 1.807) is 13.8 Å². The largest absolute Gasteiger partial charge is 0.463 e. The van der Waals surface area contributed by atoms with Crippen LogP contribution in [0.2, 0.25) is 0 Å². The first-order chi connectivity index (χ1) is 15.6. The van der Waals surface area contributed by atoms with Crippen molar-refractivity contribution < 1.29 is 36.7 Å². The number of piperidine rings is 1. The Bertz CT molecular complexity index is 1050. The predicted molar refractivity (Wildman–Crippen MR) is 114 cm³/mol. The van der Waals surface area contributed by atoms with Gasteiger partial charge < -0.3 is 20.1 Å². The molecule has 3 rings (SSSR count). The molecule has 1 fully saturated rings. The lowest BCUT2D eigenvalue weighted by Gasteiger charge is -2.30. The zero-order valence-electron chi connectivity index (χ0n) is 18.3. The highest BCUT2D eigenvalue weighted by molar-refractivity contribution is 7.89. The Balaban J connectivity index is 1.60. The zero-order valence-corrected chi connectivity index (χ0v) is 19.1. The third-order valence-corrected chi connectivity index (χ3v) is 7.38. The lowest BCUT2D eigenvalue weighted by Crippen LogP contribution is -2.50. The molecular formula is C21H26FN3O7S. The van der Waals surface area contributed by atoms with Gasteiger partial charge in [-0.2, -0.15) is 4.31 Å². The van der Waals surface area contributed by atoms with Crippen molar-refractivity contribution in [3.8, 4) is 0 Å². The molecule has 1 aromatic rings. The molecule has 12 heteroatoms. The number of hydrogen-bond acceptors (Lipinski definition) is 7. The number of amides is 2. The van der Waals surface area contributed by atoms with Crippen LogP contribution >= 0.6 is 0 Å². The van der Waals surface area contributed by atoms with E-state index in [-0.39, 0.29) is 55.3 Å². The summed E-state index contributed by atoms with van der Waals surface area (Å²) in [5.74, 6) is -2.24. The fourth-order valence-electron chi connectivity index (χ4n) is 3.74. The standard InChI is InChI=1S/C21H26FN3O7S/c1-3-31-20(27)18-13(2)23-21(28)24-17(18)12-32-19(26)14-8-10-25(11-9-14)33(29,30)16-6-4-15(22)5-7-16/h4-7,13-14H,3,8-12H2,1-2H3,(H2,23,24,28)/t13-/m1/s1. The van der Waals surface area contributed by atoms with Gasteiger partial charge in [-0.3, -0.25) is 4.79 Å². The summed E-state index contributed by atoms with van der Waals surface area (Å²) in [5.41, 5.74) is 0.318. The quantitative estimate of drug-likeness (QED) is 0.559. The smallest absolute Gasteiger partial charge is 0.338 e. The van der Waals surface area contributed by atoms with Crippen LogP contribution in [0.25, 0.3) is 0 Å². The number of nitrogens with one attached hydrogen (secondary N) is 2. The molecule has 33 heavy (non-hydrogen) atoms. The molecule has 2 amide bonds. The van der Waals surface area contributed by atoms with Gasteiger partial charge in [-0.1, -0.05) is 0 Å². The Morgan fingerprint density at radius 3 is 2.39 bits per heavy atom. The van der Waals surface area contributed by atoms with Crippen molar-refractivity contribution in [2.75, 3.05) is 26.3 Å². The Kier molecular flexibility index (Phi) is 7.69. The van der Waals surface area contributed by atoms with Gasteiger partial charge in [-0.25, -0.2) is 22.4 Å². The third-order valence-electron chi connectivity index (χ3n) is 5.46. The van der Waals surface area contributed by atoms with Crippen LogP contribution in [0.15, 0.2) is 40.4 Å². The summed E-state index contributed by atoms with van der Waals surface area (Å²) in [4.78, 5) is 36.6. The first kappa shape index (κ1) is 24.6. The van der Waals surface area contributed by atoms with Crippen molar-refractivity contribution in [3.63, 3.8) is 0 Å². The maximum absolute atomic E-state index is 13.1. The second kappa shape index (κ2) is 10.3. The fourth-order valence-corrected chi connectivity index (χ4v) is 5.21. The number of urea groups is 1. The maximum Gasteiger partial charge on any atom is 0.338 e. The van der Waals surface area contributed by atoms with Crippen molar-refractivity contribution in [1.82, 2.24) is 14.9 Å². The van der Waals surface area contributed by atoms with Crippen molar-refractivity contribution in [2.45, 2.75) is 37.6 Å². The van der Waals surface area contributed by atoms with E-state index in [0.717, 1.165) is 12.1 Å². The van der Waals surface area contributed by atoms with E-state index in [2.05, 4.69) is 10.6 Å². The molecule has 2 aliphatic rings. The van der Waals surface area contributed by atoms with E-state index in [1.807, 2.05) is 0 Å². The van der Waals surface area contributed by atoms with Gasteiger partial charge in [0, 0.05) is 13.1 Å². The second-order valence-electron chi connectivity index (χ2n) is 7.67. The summed E-state index contributed by atoms with van der Waals surface area (Å²) in [6.45, 7) is 3.31. The number of esters is 2. The van der Waals surface area contributed by atoms with Crippen LogP contribution in [-0.2, 0) is 29.1 Å². The van der Waals surface area contributed by atoms with Gasteiger partial charge in [0.15, 0.2) is 0 Å². The predicted octanol–water partition coefficient (Wildman–Crippen LogP) is 1.29. The van der Waals surface area contributed by atoms with E-state index in [0.29, 0.717) is 0 Å². The molecule has 2 N–H and O–H groups in total. The van der Waals surface area contributed by atoms with Gasteiger partial charge in [0.05, 0.1) is 34.7 Å². The fraction of sp³-hybridized carbons (Fsp3) is 0.476. The first-order valence-corrected chi connectivity index (χ1v) is 12.0. The van der Waals surface area contributed by atoms with Gasteiger partial charge in [0.25, 0.3) is 0 Å². The summed E-state index contributed by atoms with van der Waals surface area (Å²) in [6, 6.07) is 3.42. The molecule has 0 saturated carbocycles. The molecule has 0 unspecified atom stereocenters. The first-order valence-electron chi connectivity index (χ1n) is 10.5. The Morgan fingerprint density at radius 1 is 1.15 bits per heavy atom. The van der Waals surface area contributed by atoms with Gasteiger partial charge in [-0.15, -0.1) is 0 Å². The number of rotatable bonds is 7. The molecule has 0 radical (unpaired) electrons. The number of sulfonamides is 1. The number of ether oxygens (including phenoxy) is 2. The van der Waals surface area contributed by atoms with Crippen LogP contribution in [0.5, 0.6) is 0 Å². The monoisotopic (exact) mass is 483 g/mol. The normalized spacial score (nSPS) is 20.1. The van der Waals surface area contributed by atoms with Gasteiger partial charge in [-0.05, 0) is 51.0 Å². The molecule has 1 atom stereocenters. The van der Waals surface area contributed by atoms with E-state index in [1.165, 1.54) is 16.4 Å². The molecule has 0 aliphatic carbocycles. The van der Waals surface area contributed by atoms with Gasteiger partial charge in [0.2, 0.25) is 10.0 Å². The number of nitrogens with zero attached hydrogens (tertiary/aromatic N) is 1. The zero-order chi connectivity index (χ0) is 24.2. The van der Waals surface area contributed by atoms with Crippen LogP contribution in [0.3, 0.4) is 0 Å². The van der Waals surface area contributed by atoms with Crippen LogP contribution in [0, 0.1) is 11.7 Å². The molecule has 2 aliphatic heterocycles. The minimum Gasteiger partial charge on any atom is -0.463 e. The Labute approximate surface area is 191 Å². The summed E-state index contributed by atoms with van der Waals surface area (Å²) < 4.78 is 50.1. The third kappa shape index (κ3) is 5.69. The van der Waals surface area contributed by atoms with Crippen LogP contribution < -0.4 is 10.6 Å². The van der Waals surface area contributed by atoms with E-state index >= 15 is 0 Å². The lowest BCUT2D eigenvalue weighted by molar-refractivity contribution is -0.149. The Hall–Kier alpha value is -2.99. The molecule has 180 valence electrons. The highest BCUT2D eigenvalue weighted by Crippen LogP contribution is 2.25. The summed E-state index contributed by atoms with van der Waals surface area (Å²) in [5, 5.41) is 5.03. The molecule has 10 nitrogen and oxygen atoms in total. The second-order valence-corrected chi connectivity index (χ2v) is 9.61. The molecule has 2 heterocycles. The average Bonchev–Trinajstić information content (AvgIpc) is 2.77. The summed E-state index contributed by atoms with van der Waals surface area (Å²) in [6.07, 6.45) is 0.487. The number of carbonyl (C=O) groups is 3. The van der Waals surface area contributed by atoms with Crippen molar-refractivity contribution in [1.29, 1.82) is 0 Å². The minimum atomic E-state index is -3.79. The maximum atomic E-state index is 13.1. The molecule has 1 aromatic carbocycles. The number of hydrogen-bond donors (Lipinski definition) is 2. The number of benzene rings is 1.